The van der Waals surface area contributed by atoms with E-state index in [9.17, 15) is 9.59 Å². The monoisotopic (exact) mass is 461 g/mol. The van der Waals surface area contributed by atoms with Crippen LogP contribution in [0.3, 0.4) is 0 Å². The van der Waals surface area contributed by atoms with Crippen LogP contribution in [0.2, 0.25) is 0 Å². The van der Waals surface area contributed by atoms with Gasteiger partial charge in [0.1, 0.15) is 23.1 Å². The molecule has 2 aliphatic heterocycles. The molecule has 5 rings (SSSR count). The molecule has 2 aromatic carbocycles. The molecule has 1 saturated heterocycles. The van der Waals surface area contributed by atoms with Crippen molar-refractivity contribution in [2.75, 3.05) is 19.6 Å². The predicted octanol–water partition coefficient (Wildman–Crippen LogP) is 4.45. The Labute approximate surface area is 197 Å². The third kappa shape index (κ3) is 4.50. The highest BCUT2D eigenvalue weighted by molar-refractivity contribution is 7.09. The highest BCUT2D eigenvalue weighted by Gasteiger charge is 2.30. The van der Waals surface area contributed by atoms with Crippen molar-refractivity contribution in [1.29, 1.82) is 0 Å². The lowest BCUT2D eigenvalue weighted by Crippen LogP contribution is -2.39. The van der Waals surface area contributed by atoms with Crippen molar-refractivity contribution in [3.8, 4) is 5.75 Å². The molecule has 7 heteroatoms. The molecule has 2 amide bonds. The average molecular weight is 462 g/mol. The molecule has 0 bridgehead atoms. The number of benzene rings is 2. The molecule has 6 nitrogen and oxygen atoms in total. The topological polar surface area (TPSA) is 62.7 Å². The Morgan fingerprint density at radius 3 is 2.64 bits per heavy atom. The van der Waals surface area contributed by atoms with Crippen LogP contribution in [-0.4, -0.2) is 46.2 Å². The number of thiazole rings is 1. The van der Waals surface area contributed by atoms with Gasteiger partial charge in [0.05, 0.1) is 6.04 Å². The van der Waals surface area contributed by atoms with Crippen LogP contribution in [0.5, 0.6) is 5.75 Å². The van der Waals surface area contributed by atoms with Crippen molar-refractivity contribution in [2.24, 2.45) is 0 Å². The number of carbonyl (C=O) groups excluding carboxylic acids is 2. The molecule has 0 spiro atoms. The first kappa shape index (κ1) is 21.6. The summed E-state index contributed by atoms with van der Waals surface area (Å²) in [6, 6.07) is 16.1. The Morgan fingerprint density at radius 2 is 1.88 bits per heavy atom. The van der Waals surface area contributed by atoms with Gasteiger partial charge >= 0.3 is 0 Å². The zero-order chi connectivity index (χ0) is 22.8. The van der Waals surface area contributed by atoms with E-state index in [0.717, 1.165) is 54.2 Å². The van der Waals surface area contributed by atoms with E-state index in [1.807, 2.05) is 45.5 Å². The SMILES string of the molecule is CC(=O)N1CCc2ccc(OCc3nc(C(=O)N4CCCC4)cs3)cc2[C@H]1c1ccccc1. The number of likely N-dealkylation sites (tertiary alicyclic amines) is 1. The van der Waals surface area contributed by atoms with Crippen LogP contribution >= 0.6 is 11.3 Å². The zero-order valence-electron chi connectivity index (χ0n) is 18.7. The maximum atomic E-state index is 12.5. The number of hydrogen-bond acceptors (Lipinski definition) is 5. The van der Waals surface area contributed by atoms with E-state index >= 15 is 0 Å². The van der Waals surface area contributed by atoms with Gasteiger partial charge < -0.3 is 14.5 Å². The summed E-state index contributed by atoms with van der Waals surface area (Å²) >= 11 is 1.45. The summed E-state index contributed by atoms with van der Waals surface area (Å²) in [4.78, 5) is 33.2. The Kier molecular flexibility index (Phi) is 6.13. The number of carbonyl (C=O) groups is 2. The summed E-state index contributed by atoms with van der Waals surface area (Å²) in [5, 5.41) is 2.60. The van der Waals surface area contributed by atoms with Gasteiger partial charge in [0.15, 0.2) is 0 Å². The van der Waals surface area contributed by atoms with E-state index in [0.29, 0.717) is 18.8 Å². The van der Waals surface area contributed by atoms with Gasteiger partial charge in [0.25, 0.3) is 5.91 Å². The van der Waals surface area contributed by atoms with Gasteiger partial charge in [-0.3, -0.25) is 9.59 Å². The fraction of sp³-hybridized carbons (Fsp3) is 0.346. The van der Waals surface area contributed by atoms with Crippen LogP contribution in [0.15, 0.2) is 53.9 Å². The van der Waals surface area contributed by atoms with E-state index < -0.39 is 0 Å². The first-order valence-electron chi connectivity index (χ1n) is 11.4. The molecule has 0 unspecified atom stereocenters. The van der Waals surface area contributed by atoms with Gasteiger partial charge in [-0.2, -0.15) is 0 Å². The molecule has 170 valence electrons. The molecule has 2 aliphatic rings. The summed E-state index contributed by atoms with van der Waals surface area (Å²) in [7, 11) is 0. The highest BCUT2D eigenvalue weighted by Crippen LogP contribution is 2.37. The molecular formula is C26H27N3O3S. The Hall–Kier alpha value is -3.19. The largest absolute Gasteiger partial charge is 0.486 e. The standard InChI is InChI=1S/C26H27N3O3S/c1-18(30)29-14-11-19-9-10-21(15-22(19)25(29)20-7-3-2-4-8-20)32-16-24-27-23(17-33-24)26(31)28-12-5-6-13-28/h2-4,7-10,15,17,25H,5-6,11-14,16H2,1H3/t25-/m1/s1. The van der Waals surface area contributed by atoms with Gasteiger partial charge in [0.2, 0.25) is 5.91 Å². The van der Waals surface area contributed by atoms with Crippen LogP contribution in [0.4, 0.5) is 0 Å². The fourth-order valence-corrected chi connectivity index (χ4v) is 5.40. The first-order chi connectivity index (χ1) is 16.1. The minimum Gasteiger partial charge on any atom is -0.486 e. The number of aromatic nitrogens is 1. The third-order valence-electron chi connectivity index (χ3n) is 6.39. The summed E-state index contributed by atoms with van der Waals surface area (Å²) in [6.45, 7) is 4.28. The Bertz CT molecular complexity index is 1150. The van der Waals surface area contributed by atoms with Crippen molar-refractivity contribution >= 4 is 23.2 Å². The quantitative estimate of drug-likeness (QED) is 0.563. The van der Waals surface area contributed by atoms with Crippen LogP contribution in [0.1, 0.15) is 58.0 Å². The number of ether oxygens (including phenoxy) is 1. The maximum absolute atomic E-state index is 12.5. The van der Waals surface area contributed by atoms with Crippen LogP contribution in [-0.2, 0) is 17.8 Å². The predicted molar refractivity (Wildman–Crippen MR) is 127 cm³/mol. The van der Waals surface area contributed by atoms with Gasteiger partial charge in [0, 0.05) is 31.9 Å². The molecule has 3 aromatic rings. The van der Waals surface area contributed by atoms with Crippen LogP contribution < -0.4 is 4.74 Å². The molecule has 0 N–H and O–H groups in total. The van der Waals surface area contributed by atoms with Crippen molar-refractivity contribution in [3.05, 3.63) is 81.3 Å². The van der Waals surface area contributed by atoms with E-state index in [1.165, 1.54) is 16.9 Å². The number of rotatable bonds is 5. The second-order valence-electron chi connectivity index (χ2n) is 8.55. The van der Waals surface area contributed by atoms with E-state index in [4.69, 9.17) is 4.74 Å². The number of amides is 2. The molecule has 1 aromatic heterocycles. The molecule has 33 heavy (non-hydrogen) atoms. The van der Waals surface area contributed by atoms with E-state index in [2.05, 4.69) is 23.2 Å². The van der Waals surface area contributed by atoms with Crippen LogP contribution in [0, 0.1) is 0 Å². The zero-order valence-corrected chi connectivity index (χ0v) is 19.5. The van der Waals surface area contributed by atoms with E-state index in [1.54, 1.807) is 6.92 Å². The number of fused-ring (bicyclic) bond motifs is 1. The van der Waals surface area contributed by atoms with Crippen LogP contribution in [0.25, 0.3) is 0 Å². The lowest BCUT2D eigenvalue weighted by Gasteiger charge is -2.37. The fourth-order valence-electron chi connectivity index (χ4n) is 4.72. The van der Waals surface area contributed by atoms with Gasteiger partial charge in [-0.15, -0.1) is 11.3 Å². The van der Waals surface area contributed by atoms with E-state index in [-0.39, 0.29) is 17.9 Å². The normalized spacial score (nSPS) is 17.7. The molecule has 3 heterocycles. The average Bonchev–Trinajstić information content (AvgIpc) is 3.54. The molecule has 0 saturated carbocycles. The molecule has 0 radical (unpaired) electrons. The van der Waals surface area contributed by atoms with Gasteiger partial charge in [-0.1, -0.05) is 36.4 Å². The van der Waals surface area contributed by atoms with Gasteiger partial charge in [-0.05, 0) is 48.1 Å². The second-order valence-corrected chi connectivity index (χ2v) is 9.49. The molecule has 0 aliphatic carbocycles. The summed E-state index contributed by atoms with van der Waals surface area (Å²) in [5.74, 6) is 0.820. The Morgan fingerprint density at radius 1 is 1.09 bits per heavy atom. The maximum Gasteiger partial charge on any atom is 0.273 e. The number of hydrogen-bond donors (Lipinski definition) is 0. The Balaban J connectivity index is 1.34. The summed E-state index contributed by atoms with van der Waals surface area (Å²) in [5.41, 5.74) is 3.94. The summed E-state index contributed by atoms with van der Waals surface area (Å²) in [6.07, 6.45) is 2.96. The summed E-state index contributed by atoms with van der Waals surface area (Å²) < 4.78 is 6.08. The smallest absolute Gasteiger partial charge is 0.273 e. The lowest BCUT2D eigenvalue weighted by molar-refractivity contribution is -0.130. The first-order valence-corrected chi connectivity index (χ1v) is 12.3. The minimum absolute atomic E-state index is 0.0128. The van der Waals surface area contributed by atoms with Crippen molar-refractivity contribution in [3.63, 3.8) is 0 Å². The van der Waals surface area contributed by atoms with Crippen molar-refractivity contribution in [1.82, 2.24) is 14.8 Å². The highest BCUT2D eigenvalue weighted by atomic mass is 32.1. The lowest BCUT2D eigenvalue weighted by atomic mass is 9.88. The van der Waals surface area contributed by atoms with Crippen molar-refractivity contribution in [2.45, 2.75) is 38.8 Å². The number of nitrogens with zero attached hydrogens (tertiary/aromatic N) is 3. The minimum atomic E-state index is -0.124. The second kappa shape index (κ2) is 9.35. The molecule has 1 atom stereocenters. The van der Waals surface area contributed by atoms with Gasteiger partial charge in [-0.25, -0.2) is 4.98 Å². The molecule has 1 fully saturated rings. The third-order valence-corrected chi connectivity index (χ3v) is 7.21. The molecular weight excluding hydrogens is 434 g/mol. The van der Waals surface area contributed by atoms with Crippen molar-refractivity contribution < 1.29 is 14.3 Å².